The molecule has 0 saturated heterocycles. The summed E-state index contributed by atoms with van der Waals surface area (Å²) in [6.45, 7) is 8.25. The van der Waals surface area contributed by atoms with Crippen LogP contribution in [0.15, 0.2) is 12.4 Å². The van der Waals surface area contributed by atoms with E-state index in [9.17, 15) is 0 Å². The van der Waals surface area contributed by atoms with Crippen LogP contribution in [0, 0.1) is 0 Å². The minimum Gasteiger partial charge on any atom is -0.359 e. The smallest absolute Gasteiger partial charge is 0.0893 e. The monoisotopic (exact) mass is 519 g/mol. The summed E-state index contributed by atoms with van der Waals surface area (Å²) in [5.74, 6) is 0. The summed E-state index contributed by atoms with van der Waals surface area (Å²) in [6, 6.07) is 0. The Bertz CT molecular complexity index is 460. The standard InChI is InChI=1S/C35H70N2/c1-3-5-7-9-11-13-15-16-17-18-19-20-22-24-26-28-30-32-37-34-33-36(35-37)31-29-27-25-23-21-14-12-10-8-6-4-2/h33-34H,3-32,35H2,1-2H3. The molecule has 1 aliphatic rings. The maximum Gasteiger partial charge on any atom is 0.0893 e. The lowest BCUT2D eigenvalue weighted by molar-refractivity contribution is 0.257. The van der Waals surface area contributed by atoms with E-state index in [0.29, 0.717) is 0 Å². The van der Waals surface area contributed by atoms with Gasteiger partial charge >= 0.3 is 0 Å². The molecule has 0 N–H and O–H groups in total. The average Bonchev–Trinajstić information content (AvgIpc) is 3.36. The minimum atomic E-state index is 1.14. The van der Waals surface area contributed by atoms with Crippen LogP contribution in [0.5, 0.6) is 0 Å². The first kappa shape index (κ1) is 34.4. The summed E-state index contributed by atoms with van der Waals surface area (Å²) in [5, 5.41) is 0. The number of hydrogen-bond acceptors (Lipinski definition) is 2. The molecular weight excluding hydrogens is 448 g/mol. The zero-order chi connectivity index (χ0) is 26.5. The third-order valence-electron chi connectivity index (χ3n) is 8.45. The van der Waals surface area contributed by atoms with Crippen molar-refractivity contribution in [3.05, 3.63) is 12.4 Å². The van der Waals surface area contributed by atoms with Gasteiger partial charge in [-0.15, -0.1) is 0 Å². The molecule has 220 valence electrons. The van der Waals surface area contributed by atoms with Crippen molar-refractivity contribution in [2.45, 2.75) is 194 Å². The van der Waals surface area contributed by atoms with Gasteiger partial charge in [-0.2, -0.15) is 0 Å². The first-order valence-corrected chi connectivity index (χ1v) is 17.5. The quantitative estimate of drug-likeness (QED) is 0.0872. The molecule has 2 nitrogen and oxygen atoms in total. The van der Waals surface area contributed by atoms with Crippen molar-refractivity contribution in [1.82, 2.24) is 9.80 Å². The van der Waals surface area contributed by atoms with Crippen molar-refractivity contribution in [2.24, 2.45) is 0 Å². The fourth-order valence-electron chi connectivity index (χ4n) is 5.83. The predicted octanol–water partition coefficient (Wildman–Crippen LogP) is 12.0. The fourth-order valence-corrected chi connectivity index (χ4v) is 5.83. The minimum absolute atomic E-state index is 1.14. The van der Waals surface area contributed by atoms with Gasteiger partial charge in [-0.1, -0.05) is 181 Å². The first-order chi connectivity index (χ1) is 18.4. The van der Waals surface area contributed by atoms with Gasteiger partial charge in [-0.05, 0) is 12.8 Å². The second kappa shape index (κ2) is 28.4. The Labute approximate surface area is 235 Å². The summed E-state index contributed by atoms with van der Waals surface area (Å²) in [7, 11) is 0. The van der Waals surface area contributed by atoms with E-state index >= 15 is 0 Å². The number of nitrogens with zero attached hydrogens (tertiary/aromatic N) is 2. The molecule has 0 aromatic heterocycles. The lowest BCUT2D eigenvalue weighted by Gasteiger charge is -2.21. The van der Waals surface area contributed by atoms with Crippen LogP contribution in [0.3, 0.4) is 0 Å². The molecule has 0 radical (unpaired) electrons. The summed E-state index contributed by atoms with van der Waals surface area (Å²) < 4.78 is 0. The summed E-state index contributed by atoms with van der Waals surface area (Å²) in [5.41, 5.74) is 0. The lowest BCUT2D eigenvalue weighted by atomic mass is 10.0. The van der Waals surface area contributed by atoms with Crippen LogP contribution in [0.4, 0.5) is 0 Å². The highest BCUT2D eigenvalue weighted by atomic mass is 15.3. The van der Waals surface area contributed by atoms with Gasteiger partial charge in [0.2, 0.25) is 0 Å². The van der Waals surface area contributed by atoms with Crippen molar-refractivity contribution < 1.29 is 0 Å². The normalized spacial score (nSPS) is 13.4. The molecule has 0 aliphatic carbocycles. The van der Waals surface area contributed by atoms with Crippen molar-refractivity contribution in [1.29, 1.82) is 0 Å². The molecule has 0 bridgehead atoms. The van der Waals surface area contributed by atoms with Crippen LogP contribution in [-0.4, -0.2) is 29.6 Å². The molecule has 0 fully saturated rings. The number of rotatable bonds is 30. The predicted molar refractivity (Wildman–Crippen MR) is 168 cm³/mol. The molecule has 2 heteroatoms. The van der Waals surface area contributed by atoms with E-state index in [4.69, 9.17) is 0 Å². The zero-order valence-electron chi connectivity index (χ0n) is 26.0. The Hall–Kier alpha value is -0.660. The molecule has 1 aliphatic heterocycles. The molecule has 0 aromatic carbocycles. The topological polar surface area (TPSA) is 6.48 Å². The molecule has 1 rings (SSSR count). The summed E-state index contributed by atoms with van der Waals surface area (Å²) in [4.78, 5) is 5.06. The molecule has 0 unspecified atom stereocenters. The van der Waals surface area contributed by atoms with E-state index in [1.54, 1.807) is 0 Å². The molecule has 0 saturated carbocycles. The molecule has 0 aromatic rings. The van der Waals surface area contributed by atoms with Gasteiger partial charge in [0.1, 0.15) is 0 Å². The van der Waals surface area contributed by atoms with Crippen LogP contribution in [0.1, 0.15) is 194 Å². The van der Waals surface area contributed by atoms with E-state index in [-0.39, 0.29) is 0 Å². The third-order valence-corrected chi connectivity index (χ3v) is 8.45. The van der Waals surface area contributed by atoms with E-state index in [2.05, 4.69) is 36.0 Å². The molecule has 0 spiro atoms. The van der Waals surface area contributed by atoms with Crippen molar-refractivity contribution in [2.75, 3.05) is 19.8 Å². The van der Waals surface area contributed by atoms with Crippen molar-refractivity contribution in [3.63, 3.8) is 0 Å². The Balaban J connectivity index is 1.74. The van der Waals surface area contributed by atoms with Gasteiger partial charge in [0, 0.05) is 25.5 Å². The maximum absolute atomic E-state index is 2.53. The van der Waals surface area contributed by atoms with Gasteiger partial charge in [-0.25, -0.2) is 0 Å². The highest BCUT2D eigenvalue weighted by Crippen LogP contribution is 2.16. The molecule has 0 atom stereocenters. The fraction of sp³-hybridized carbons (Fsp3) is 0.943. The first-order valence-electron chi connectivity index (χ1n) is 17.5. The second-order valence-corrected chi connectivity index (χ2v) is 12.3. The Kier molecular flexibility index (Phi) is 26.3. The highest BCUT2D eigenvalue weighted by molar-refractivity contribution is 4.90. The second-order valence-electron chi connectivity index (χ2n) is 12.3. The van der Waals surface area contributed by atoms with Crippen LogP contribution >= 0.6 is 0 Å². The number of unbranched alkanes of at least 4 members (excludes halogenated alkanes) is 26. The maximum atomic E-state index is 2.53. The molecule has 1 heterocycles. The van der Waals surface area contributed by atoms with Crippen LogP contribution in [0.2, 0.25) is 0 Å². The van der Waals surface area contributed by atoms with E-state index < -0.39 is 0 Å². The van der Waals surface area contributed by atoms with Crippen LogP contribution in [0.25, 0.3) is 0 Å². The lowest BCUT2D eigenvalue weighted by Crippen LogP contribution is -2.26. The number of hydrogen-bond donors (Lipinski definition) is 0. The van der Waals surface area contributed by atoms with Crippen LogP contribution < -0.4 is 0 Å². The van der Waals surface area contributed by atoms with Crippen LogP contribution in [-0.2, 0) is 0 Å². The van der Waals surface area contributed by atoms with Gasteiger partial charge < -0.3 is 9.80 Å². The third kappa shape index (κ3) is 24.1. The Morgan fingerprint density at radius 3 is 0.784 bits per heavy atom. The van der Waals surface area contributed by atoms with E-state index in [0.717, 1.165) is 6.67 Å². The van der Waals surface area contributed by atoms with E-state index in [1.807, 2.05) is 0 Å². The van der Waals surface area contributed by atoms with Gasteiger partial charge in [-0.3, -0.25) is 0 Å². The van der Waals surface area contributed by atoms with E-state index in [1.165, 1.54) is 193 Å². The Morgan fingerprint density at radius 1 is 0.324 bits per heavy atom. The highest BCUT2D eigenvalue weighted by Gasteiger charge is 2.11. The van der Waals surface area contributed by atoms with Gasteiger partial charge in [0.05, 0.1) is 6.67 Å². The molecule has 0 amide bonds. The average molecular weight is 519 g/mol. The van der Waals surface area contributed by atoms with Gasteiger partial charge in [0.25, 0.3) is 0 Å². The largest absolute Gasteiger partial charge is 0.359 e. The molecular formula is C35H70N2. The molecule has 37 heavy (non-hydrogen) atoms. The zero-order valence-corrected chi connectivity index (χ0v) is 26.0. The SMILES string of the molecule is CCCCCCCCCCCCCCCCCCCN1C=CN(CCCCCCCCCCCCC)C1. The van der Waals surface area contributed by atoms with Crippen molar-refractivity contribution >= 4 is 0 Å². The van der Waals surface area contributed by atoms with Gasteiger partial charge in [0.15, 0.2) is 0 Å². The Morgan fingerprint density at radius 2 is 0.541 bits per heavy atom. The van der Waals surface area contributed by atoms with Crippen molar-refractivity contribution in [3.8, 4) is 0 Å². The summed E-state index contributed by atoms with van der Waals surface area (Å²) in [6.07, 6.45) is 45.2. The summed E-state index contributed by atoms with van der Waals surface area (Å²) >= 11 is 0.